The Balaban J connectivity index is 1.09. The van der Waals surface area contributed by atoms with Gasteiger partial charge in [-0.1, -0.05) is 0 Å². The van der Waals surface area contributed by atoms with E-state index in [1.807, 2.05) is 24.3 Å². The zero-order chi connectivity index (χ0) is 24.6. The van der Waals surface area contributed by atoms with Crippen LogP contribution in [-0.2, 0) is 11.3 Å². The molecule has 3 aliphatic rings. The number of carbonyl (C=O) groups is 1. The SMILES string of the molecule is COc1ccc2nccc([C@@H](O)CN3C4CCC3CC(NCc3ccc5c(n3)NC(=O)CS5)C4)c2n1. The fraction of sp³-hybridized carbons (Fsp3) is 0.462. The van der Waals surface area contributed by atoms with E-state index < -0.39 is 6.10 Å². The van der Waals surface area contributed by atoms with Crippen LogP contribution in [-0.4, -0.2) is 68.4 Å². The Morgan fingerprint density at radius 2 is 2.03 bits per heavy atom. The number of carbonyl (C=O) groups excluding carboxylic acids is 1. The average molecular weight is 507 g/mol. The third kappa shape index (κ3) is 4.66. The minimum Gasteiger partial charge on any atom is -0.481 e. The summed E-state index contributed by atoms with van der Waals surface area (Å²) in [5, 5.41) is 17.8. The van der Waals surface area contributed by atoms with Gasteiger partial charge in [-0.05, 0) is 49.9 Å². The zero-order valence-electron chi connectivity index (χ0n) is 20.2. The fourth-order valence-electron chi connectivity index (χ4n) is 5.80. The standard InChI is InChI=1S/C26H30N6O3S/c1-35-24-7-5-20-25(31-24)19(8-9-27-20)21(33)13-32-17-3-4-18(32)11-16(10-17)28-12-15-2-6-22-26(29-15)30-23(34)14-36-22/h2,5-9,16-18,21,28,33H,3-4,10-14H2,1H3,(H,29,30,34)/t16?,17?,18?,21-/m0/s1. The number of piperidine rings is 1. The normalized spacial score (nSPS) is 24.4. The van der Waals surface area contributed by atoms with Gasteiger partial charge in [0.25, 0.3) is 0 Å². The highest BCUT2D eigenvalue weighted by atomic mass is 32.2. The molecule has 2 saturated heterocycles. The van der Waals surface area contributed by atoms with Crippen LogP contribution in [0.3, 0.4) is 0 Å². The lowest BCUT2D eigenvalue weighted by atomic mass is 9.96. The number of nitrogens with zero attached hydrogens (tertiary/aromatic N) is 4. The number of aliphatic hydroxyl groups excluding tert-OH is 1. The van der Waals surface area contributed by atoms with E-state index in [0.717, 1.165) is 47.4 Å². The second kappa shape index (κ2) is 9.93. The number of anilines is 1. The molecule has 9 nitrogen and oxygen atoms in total. The predicted molar refractivity (Wildman–Crippen MR) is 138 cm³/mol. The average Bonchev–Trinajstić information content (AvgIpc) is 3.12. The molecule has 0 spiro atoms. The Morgan fingerprint density at radius 3 is 2.83 bits per heavy atom. The van der Waals surface area contributed by atoms with E-state index in [2.05, 4.69) is 30.5 Å². The lowest BCUT2D eigenvalue weighted by Crippen LogP contribution is -2.50. The van der Waals surface area contributed by atoms with Crippen molar-refractivity contribution in [2.75, 3.05) is 24.7 Å². The minimum atomic E-state index is -0.643. The van der Waals surface area contributed by atoms with Crippen LogP contribution in [0.2, 0.25) is 0 Å². The summed E-state index contributed by atoms with van der Waals surface area (Å²) < 4.78 is 5.29. The molecule has 0 aliphatic carbocycles. The van der Waals surface area contributed by atoms with Crippen molar-refractivity contribution in [2.24, 2.45) is 0 Å². The van der Waals surface area contributed by atoms with Crippen LogP contribution in [0.4, 0.5) is 5.82 Å². The van der Waals surface area contributed by atoms with Crippen LogP contribution in [0.1, 0.15) is 43.0 Å². The Labute approximate surface area is 214 Å². The van der Waals surface area contributed by atoms with Crippen LogP contribution in [0.25, 0.3) is 11.0 Å². The van der Waals surface area contributed by atoms with E-state index in [-0.39, 0.29) is 5.91 Å². The summed E-state index contributed by atoms with van der Waals surface area (Å²) in [6, 6.07) is 10.9. The Hall–Kier alpha value is -2.79. The summed E-state index contributed by atoms with van der Waals surface area (Å²) in [5.41, 5.74) is 3.18. The summed E-state index contributed by atoms with van der Waals surface area (Å²) in [5.74, 6) is 1.65. The summed E-state index contributed by atoms with van der Waals surface area (Å²) in [4.78, 5) is 28.8. The van der Waals surface area contributed by atoms with E-state index in [4.69, 9.17) is 4.74 Å². The van der Waals surface area contributed by atoms with Crippen molar-refractivity contribution in [3.63, 3.8) is 0 Å². The van der Waals surface area contributed by atoms with Crippen LogP contribution < -0.4 is 15.4 Å². The predicted octanol–water partition coefficient (Wildman–Crippen LogP) is 2.90. The van der Waals surface area contributed by atoms with Gasteiger partial charge in [0.1, 0.15) is 5.82 Å². The largest absolute Gasteiger partial charge is 0.481 e. The lowest BCUT2D eigenvalue weighted by molar-refractivity contribution is -0.113. The van der Waals surface area contributed by atoms with E-state index in [1.165, 1.54) is 11.8 Å². The van der Waals surface area contributed by atoms with Crippen molar-refractivity contribution >= 4 is 34.5 Å². The molecule has 10 heteroatoms. The van der Waals surface area contributed by atoms with Crippen LogP contribution in [0.5, 0.6) is 5.88 Å². The van der Waals surface area contributed by atoms with Crippen molar-refractivity contribution in [2.45, 2.75) is 61.4 Å². The van der Waals surface area contributed by atoms with E-state index in [1.54, 1.807) is 19.4 Å². The molecule has 2 fully saturated rings. The van der Waals surface area contributed by atoms with E-state index >= 15 is 0 Å². The summed E-state index contributed by atoms with van der Waals surface area (Å²) in [6.45, 7) is 1.26. The van der Waals surface area contributed by atoms with Gasteiger partial charge >= 0.3 is 0 Å². The molecule has 3 aromatic rings. The molecule has 3 aromatic heterocycles. The number of aromatic nitrogens is 3. The Morgan fingerprint density at radius 1 is 1.19 bits per heavy atom. The van der Waals surface area contributed by atoms with Gasteiger partial charge in [0.05, 0.1) is 40.6 Å². The van der Waals surface area contributed by atoms with Crippen LogP contribution >= 0.6 is 11.8 Å². The number of rotatable bonds is 7. The molecule has 6 heterocycles. The number of hydrogen-bond donors (Lipinski definition) is 3. The van der Waals surface area contributed by atoms with E-state index in [0.29, 0.717) is 54.2 Å². The molecule has 36 heavy (non-hydrogen) atoms. The number of thioether (sulfide) groups is 1. The number of aliphatic hydroxyl groups is 1. The molecule has 188 valence electrons. The summed E-state index contributed by atoms with van der Waals surface area (Å²) in [7, 11) is 1.59. The number of fused-ring (bicyclic) bond motifs is 4. The van der Waals surface area contributed by atoms with Crippen LogP contribution in [0, 0.1) is 0 Å². The maximum Gasteiger partial charge on any atom is 0.235 e. The second-order valence-electron chi connectivity index (χ2n) is 9.75. The number of amides is 1. The third-order valence-electron chi connectivity index (χ3n) is 7.53. The van der Waals surface area contributed by atoms with Gasteiger partial charge in [-0.25, -0.2) is 9.97 Å². The van der Waals surface area contributed by atoms with Gasteiger partial charge in [0.2, 0.25) is 11.8 Å². The van der Waals surface area contributed by atoms with Crippen molar-refractivity contribution < 1.29 is 14.6 Å². The maximum atomic E-state index is 11.7. The molecule has 0 radical (unpaired) electrons. The first-order chi connectivity index (χ1) is 17.6. The number of pyridine rings is 3. The topological polar surface area (TPSA) is 113 Å². The van der Waals surface area contributed by atoms with Crippen molar-refractivity contribution in [1.82, 2.24) is 25.2 Å². The van der Waals surface area contributed by atoms with Gasteiger partial charge in [-0.15, -0.1) is 11.8 Å². The molecule has 2 bridgehead atoms. The smallest absolute Gasteiger partial charge is 0.235 e. The molecule has 3 N–H and O–H groups in total. The Kier molecular flexibility index (Phi) is 6.51. The molecule has 1 amide bonds. The molecular formula is C26H30N6O3S. The van der Waals surface area contributed by atoms with Gasteiger partial charge < -0.3 is 20.5 Å². The molecule has 3 atom stereocenters. The number of ether oxygens (including phenoxy) is 1. The zero-order valence-corrected chi connectivity index (χ0v) is 21.0. The highest BCUT2D eigenvalue weighted by Crippen LogP contribution is 2.38. The van der Waals surface area contributed by atoms with Crippen molar-refractivity contribution in [3.8, 4) is 5.88 Å². The third-order valence-corrected chi connectivity index (χ3v) is 8.58. The first-order valence-corrected chi connectivity index (χ1v) is 13.5. The highest BCUT2D eigenvalue weighted by molar-refractivity contribution is 8.00. The van der Waals surface area contributed by atoms with Crippen molar-refractivity contribution in [1.29, 1.82) is 0 Å². The monoisotopic (exact) mass is 506 g/mol. The Bertz CT molecular complexity index is 1280. The van der Waals surface area contributed by atoms with Crippen LogP contribution in [0.15, 0.2) is 41.4 Å². The van der Waals surface area contributed by atoms with Gasteiger partial charge in [0, 0.05) is 49.0 Å². The lowest BCUT2D eigenvalue weighted by Gasteiger charge is -2.40. The van der Waals surface area contributed by atoms with Gasteiger partial charge in [0.15, 0.2) is 0 Å². The number of hydrogen-bond acceptors (Lipinski definition) is 9. The maximum absolute atomic E-state index is 11.7. The molecule has 3 aliphatic heterocycles. The first-order valence-electron chi connectivity index (χ1n) is 12.5. The molecule has 2 unspecified atom stereocenters. The first kappa shape index (κ1) is 23.6. The summed E-state index contributed by atoms with van der Waals surface area (Å²) >= 11 is 1.53. The highest BCUT2D eigenvalue weighted by Gasteiger charge is 2.41. The quantitative estimate of drug-likeness (QED) is 0.445. The minimum absolute atomic E-state index is 0.00549. The molecule has 0 saturated carbocycles. The fourth-order valence-corrected chi connectivity index (χ4v) is 6.55. The molecule has 0 aromatic carbocycles. The molecular weight excluding hydrogens is 476 g/mol. The summed E-state index contributed by atoms with van der Waals surface area (Å²) in [6.07, 6.45) is 5.49. The second-order valence-corrected chi connectivity index (χ2v) is 10.8. The van der Waals surface area contributed by atoms with E-state index in [9.17, 15) is 9.90 Å². The number of nitrogens with one attached hydrogen (secondary N) is 2. The molecule has 6 rings (SSSR count). The number of methoxy groups -OCH3 is 1. The van der Waals surface area contributed by atoms with Gasteiger partial charge in [-0.3, -0.25) is 14.7 Å². The van der Waals surface area contributed by atoms with Gasteiger partial charge in [-0.2, -0.15) is 0 Å². The van der Waals surface area contributed by atoms with Crippen molar-refractivity contribution in [3.05, 3.63) is 47.8 Å².